The Morgan fingerprint density at radius 3 is 2.44 bits per heavy atom. The molecule has 0 N–H and O–H groups in total. The first-order valence-corrected chi connectivity index (χ1v) is 7.30. The molecule has 0 aliphatic heterocycles. The van der Waals surface area contributed by atoms with Gasteiger partial charge < -0.3 is 4.74 Å². The van der Waals surface area contributed by atoms with Crippen molar-refractivity contribution in [2.75, 3.05) is 0 Å². The number of pyridine rings is 1. The van der Waals surface area contributed by atoms with E-state index in [1.165, 1.54) is 42.0 Å². The highest BCUT2D eigenvalue weighted by Gasteiger charge is 2.38. The third-order valence-electron chi connectivity index (χ3n) is 3.47. The van der Waals surface area contributed by atoms with Crippen molar-refractivity contribution in [3.63, 3.8) is 0 Å². The summed E-state index contributed by atoms with van der Waals surface area (Å²) in [6, 6.07) is 2.83. The molecule has 132 valence electrons. The fraction of sp³-hybridized carbons (Fsp3) is 0.333. The summed E-state index contributed by atoms with van der Waals surface area (Å²) < 4.78 is 57.2. The number of hydrogen-bond donors (Lipinski definition) is 0. The van der Waals surface area contributed by atoms with E-state index in [0.29, 0.717) is 16.9 Å². The van der Waals surface area contributed by atoms with Crippen molar-refractivity contribution in [3.8, 4) is 17.1 Å². The summed E-state index contributed by atoms with van der Waals surface area (Å²) in [5.74, 6) is -0.0254. The van der Waals surface area contributed by atoms with Gasteiger partial charge in [0.05, 0.1) is 11.9 Å². The highest BCUT2D eigenvalue weighted by molar-refractivity contribution is 5.59. The number of ether oxygens (including phenoxy) is 1. The minimum absolute atomic E-state index is 0.130. The molecule has 0 amide bonds. The van der Waals surface area contributed by atoms with Crippen LogP contribution in [0.5, 0.6) is 5.88 Å². The van der Waals surface area contributed by atoms with Crippen LogP contribution in [0.4, 0.5) is 17.6 Å². The number of fused-ring (bicyclic) bond motifs is 1. The number of hydrogen-bond acceptors (Lipinski definition) is 5. The predicted octanol–water partition coefficient (Wildman–Crippen LogP) is 3.55. The maximum absolute atomic E-state index is 13.5. The Balaban J connectivity index is 1.87. The molecule has 0 aromatic carbocycles. The van der Waals surface area contributed by atoms with Crippen LogP contribution < -0.4 is 4.74 Å². The Morgan fingerprint density at radius 2 is 1.84 bits per heavy atom. The highest BCUT2D eigenvalue weighted by Crippen LogP contribution is 2.25. The summed E-state index contributed by atoms with van der Waals surface area (Å²) in [5.41, 5.74) is 1.35. The van der Waals surface area contributed by atoms with Crippen molar-refractivity contribution in [1.29, 1.82) is 0 Å². The minimum Gasteiger partial charge on any atom is -0.465 e. The quantitative estimate of drug-likeness (QED) is 0.670. The lowest BCUT2D eigenvalue weighted by molar-refractivity contribution is -0.189. The minimum atomic E-state index is -4.47. The fourth-order valence-corrected chi connectivity index (χ4v) is 2.09. The van der Waals surface area contributed by atoms with Crippen molar-refractivity contribution in [1.82, 2.24) is 24.6 Å². The Labute approximate surface area is 139 Å². The number of rotatable bonds is 4. The molecule has 25 heavy (non-hydrogen) atoms. The van der Waals surface area contributed by atoms with Crippen molar-refractivity contribution in [2.45, 2.75) is 32.3 Å². The van der Waals surface area contributed by atoms with E-state index in [0.717, 1.165) is 6.92 Å². The van der Waals surface area contributed by atoms with E-state index in [4.69, 9.17) is 4.74 Å². The standard InChI is InChI=1S/C15H13F4N5O/c1-8(16)14-23-22-12-6-20-11(7-24(12)14)10-3-4-13(21-5-10)25-9(2)15(17,18)19/h3-9H,1-2H3/t8?,9-/m0/s1. The van der Waals surface area contributed by atoms with Gasteiger partial charge in [0, 0.05) is 24.0 Å². The van der Waals surface area contributed by atoms with Gasteiger partial charge in [0.2, 0.25) is 5.88 Å². The van der Waals surface area contributed by atoms with Crippen molar-refractivity contribution in [2.24, 2.45) is 0 Å². The third-order valence-corrected chi connectivity index (χ3v) is 3.47. The molecule has 3 rings (SSSR count). The predicted molar refractivity (Wildman–Crippen MR) is 79.7 cm³/mol. The summed E-state index contributed by atoms with van der Waals surface area (Å²) in [5, 5.41) is 7.57. The summed E-state index contributed by atoms with van der Waals surface area (Å²) in [7, 11) is 0. The number of nitrogens with zero attached hydrogens (tertiary/aromatic N) is 5. The Hall–Kier alpha value is -2.78. The highest BCUT2D eigenvalue weighted by atomic mass is 19.4. The maximum atomic E-state index is 13.5. The lowest BCUT2D eigenvalue weighted by Gasteiger charge is -2.16. The molecule has 10 heteroatoms. The number of alkyl halides is 4. The van der Waals surface area contributed by atoms with Gasteiger partial charge in [-0.15, -0.1) is 10.2 Å². The SMILES string of the molecule is CC(F)c1nnc2cnc(-c3ccc(O[C@@H](C)C(F)(F)F)nc3)cn12. The topological polar surface area (TPSA) is 65.2 Å². The van der Waals surface area contributed by atoms with E-state index < -0.39 is 18.5 Å². The molecular weight excluding hydrogens is 342 g/mol. The summed E-state index contributed by atoms with van der Waals surface area (Å²) >= 11 is 0. The zero-order chi connectivity index (χ0) is 18.2. The first-order valence-electron chi connectivity index (χ1n) is 7.30. The Morgan fingerprint density at radius 1 is 1.08 bits per heavy atom. The molecule has 2 atom stereocenters. The van der Waals surface area contributed by atoms with E-state index in [1.54, 1.807) is 0 Å². The molecule has 3 heterocycles. The smallest absolute Gasteiger partial charge is 0.425 e. The van der Waals surface area contributed by atoms with Crippen LogP contribution in [-0.4, -0.2) is 36.8 Å². The van der Waals surface area contributed by atoms with Gasteiger partial charge in [-0.25, -0.2) is 9.37 Å². The molecule has 0 bridgehead atoms. The van der Waals surface area contributed by atoms with E-state index in [9.17, 15) is 17.6 Å². The summed E-state index contributed by atoms with van der Waals surface area (Å²) in [6.45, 7) is 2.24. The first-order chi connectivity index (χ1) is 11.8. The Kier molecular flexibility index (Phi) is 4.27. The Bertz CT molecular complexity index is 876. The maximum Gasteiger partial charge on any atom is 0.425 e. The van der Waals surface area contributed by atoms with Crippen LogP contribution in [0.2, 0.25) is 0 Å². The van der Waals surface area contributed by atoms with Crippen LogP contribution in [0.25, 0.3) is 16.9 Å². The van der Waals surface area contributed by atoms with Gasteiger partial charge >= 0.3 is 6.18 Å². The molecule has 0 spiro atoms. The second-order valence-electron chi connectivity index (χ2n) is 5.36. The van der Waals surface area contributed by atoms with Gasteiger partial charge in [0.15, 0.2) is 23.7 Å². The average Bonchev–Trinajstić information content (AvgIpc) is 2.98. The van der Waals surface area contributed by atoms with Gasteiger partial charge in [-0.05, 0) is 19.9 Å². The largest absolute Gasteiger partial charge is 0.465 e. The normalized spacial score (nSPS) is 14.5. The van der Waals surface area contributed by atoms with Crippen molar-refractivity contribution in [3.05, 3.63) is 36.5 Å². The second kappa shape index (κ2) is 6.26. The molecule has 1 unspecified atom stereocenters. The van der Waals surface area contributed by atoms with Crippen LogP contribution in [0, 0.1) is 0 Å². The molecule has 0 saturated carbocycles. The number of halogens is 4. The van der Waals surface area contributed by atoms with Gasteiger partial charge in [-0.1, -0.05) is 0 Å². The molecular formula is C15H13F4N5O. The lowest BCUT2D eigenvalue weighted by Crippen LogP contribution is -2.31. The molecule has 0 fully saturated rings. The molecule has 6 nitrogen and oxygen atoms in total. The second-order valence-corrected chi connectivity index (χ2v) is 5.36. The molecule has 0 radical (unpaired) electrons. The first kappa shape index (κ1) is 17.1. The van der Waals surface area contributed by atoms with Crippen molar-refractivity contribution < 1.29 is 22.3 Å². The summed E-state index contributed by atoms with van der Waals surface area (Å²) in [4.78, 5) is 8.03. The van der Waals surface area contributed by atoms with Gasteiger partial charge in [-0.3, -0.25) is 9.38 Å². The van der Waals surface area contributed by atoms with Crippen LogP contribution in [0.1, 0.15) is 25.8 Å². The van der Waals surface area contributed by atoms with Crippen LogP contribution in [0.15, 0.2) is 30.7 Å². The molecule has 0 saturated heterocycles. The zero-order valence-electron chi connectivity index (χ0n) is 13.2. The van der Waals surface area contributed by atoms with Crippen LogP contribution in [0.3, 0.4) is 0 Å². The lowest BCUT2D eigenvalue weighted by atomic mass is 10.2. The van der Waals surface area contributed by atoms with Gasteiger partial charge in [-0.2, -0.15) is 13.2 Å². The van der Waals surface area contributed by atoms with E-state index in [-0.39, 0.29) is 11.7 Å². The fourth-order valence-electron chi connectivity index (χ4n) is 2.09. The molecule has 3 aromatic rings. The van der Waals surface area contributed by atoms with E-state index in [2.05, 4.69) is 20.2 Å². The van der Waals surface area contributed by atoms with Gasteiger partial charge in [0.1, 0.15) is 0 Å². The van der Waals surface area contributed by atoms with Crippen molar-refractivity contribution >= 4 is 5.65 Å². The van der Waals surface area contributed by atoms with E-state index in [1.807, 2.05) is 0 Å². The molecule has 0 aliphatic rings. The monoisotopic (exact) mass is 355 g/mol. The zero-order valence-corrected chi connectivity index (χ0v) is 13.2. The molecule has 0 aliphatic carbocycles. The van der Waals surface area contributed by atoms with Crippen LogP contribution in [-0.2, 0) is 0 Å². The molecule has 3 aromatic heterocycles. The van der Waals surface area contributed by atoms with E-state index >= 15 is 0 Å². The third kappa shape index (κ3) is 3.52. The summed E-state index contributed by atoms with van der Waals surface area (Å²) in [6.07, 6.45) is -3.47. The number of aromatic nitrogens is 5. The van der Waals surface area contributed by atoms with Gasteiger partial charge in [0.25, 0.3) is 0 Å². The van der Waals surface area contributed by atoms with Crippen LogP contribution >= 0.6 is 0 Å². The average molecular weight is 355 g/mol.